The lowest BCUT2D eigenvalue weighted by Gasteiger charge is -2.27. The lowest BCUT2D eigenvalue weighted by molar-refractivity contribution is 0.732. The number of hydrogen-bond donors (Lipinski definition) is 1. The van der Waals surface area contributed by atoms with E-state index in [1.54, 1.807) is 11.6 Å². The molecule has 4 nitrogen and oxygen atoms in total. The number of nitrogens with zero attached hydrogens (tertiary/aromatic N) is 3. The van der Waals surface area contributed by atoms with Crippen LogP contribution in [0.25, 0.3) is 0 Å². The van der Waals surface area contributed by atoms with Gasteiger partial charge >= 0.3 is 0 Å². The SMILES string of the molecule is Cl.Clc1ccc(N(C2=NCCCN2)c2cscn2)c(Cl)c1. The van der Waals surface area contributed by atoms with E-state index in [-0.39, 0.29) is 12.4 Å². The van der Waals surface area contributed by atoms with Gasteiger partial charge in [-0.25, -0.2) is 4.98 Å². The Hall–Kier alpha value is -1.01. The molecule has 0 fully saturated rings. The molecular formula is C13H13Cl3N4S. The monoisotopic (exact) mass is 362 g/mol. The molecule has 112 valence electrons. The minimum Gasteiger partial charge on any atom is -0.356 e. The molecule has 1 aromatic carbocycles. The van der Waals surface area contributed by atoms with Crippen molar-refractivity contribution < 1.29 is 0 Å². The second kappa shape index (κ2) is 7.31. The molecule has 1 aliphatic rings. The van der Waals surface area contributed by atoms with E-state index >= 15 is 0 Å². The quantitative estimate of drug-likeness (QED) is 0.862. The number of aliphatic imine (C=N–C) groups is 1. The van der Waals surface area contributed by atoms with Crippen LogP contribution in [0.2, 0.25) is 10.0 Å². The Balaban J connectivity index is 0.00000161. The van der Waals surface area contributed by atoms with E-state index in [1.807, 2.05) is 22.4 Å². The van der Waals surface area contributed by atoms with Crippen molar-refractivity contribution in [2.45, 2.75) is 6.42 Å². The van der Waals surface area contributed by atoms with Gasteiger partial charge in [-0.1, -0.05) is 23.2 Å². The second-order valence-electron chi connectivity index (χ2n) is 4.26. The number of anilines is 2. The van der Waals surface area contributed by atoms with E-state index in [2.05, 4.69) is 15.3 Å². The maximum atomic E-state index is 6.33. The highest BCUT2D eigenvalue weighted by Crippen LogP contribution is 2.33. The van der Waals surface area contributed by atoms with E-state index in [1.165, 1.54) is 11.3 Å². The summed E-state index contributed by atoms with van der Waals surface area (Å²) in [6.07, 6.45) is 1.03. The topological polar surface area (TPSA) is 40.5 Å². The maximum Gasteiger partial charge on any atom is 0.204 e. The Labute approximate surface area is 143 Å². The molecule has 1 aromatic heterocycles. The molecule has 0 amide bonds. The summed E-state index contributed by atoms with van der Waals surface area (Å²) < 4.78 is 0. The zero-order valence-electron chi connectivity index (χ0n) is 10.9. The molecule has 21 heavy (non-hydrogen) atoms. The lowest BCUT2D eigenvalue weighted by Crippen LogP contribution is -2.42. The fourth-order valence-corrected chi connectivity index (χ4v) is 3.01. The van der Waals surface area contributed by atoms with Crippen LogP contribution in [0.1, 0.15) is 6.42 Å². The number of hydrogen-bond acceptors (Lipinski definition) is 5. The summed E-state index contributed by atoms with van der Waals surface area (Å²) in [4.78, 5) is 10.8. The fraction of sp³-hybridized carbons (Fsp3) is 0.231. The van der Waals surface area contributed by atoms with Crippen LogP contribution < -0.4 is 10.2 Å². The van der Waals surface area contributed by atoms with Crippen LogP contribution in [-0.4, -0.2) is 24.0 Å². The van der Waals surface area contributed by atoms with Gasteiger partial charge in [-0.2, -0.15) is 0 Å². The minimum atomic E-state index is 0. The molecule has 1 aliphatic heterocycles. The van der Waals surface area contributed by atoms with E-state index in [9.17, 15) is 0 Å². The highest BCUT2D eigenvalue weighted by Gasteiger charge is 2.21. The highest BCUT2D eigenvalue weighted by atomic mass is 35.5. The Morgan fingerprint density at radius 2 is 2.14 bits per heavy atom. The average Bonchev–Trinajstić information content (AvgIpc) is 2.97. The fourth-order valence-electron chi connectivity index (χ4n) is 2.00. The van der Waals surface area contributed by atoms with E-state index in [0.717, 1.165) is 37.0 Å². The molecule has 0 aliphatic carbocycles. The van der Waals surface area contributed by atoms with Gasteiger partial charge in [0.1, 0.15) is 0 Å². The number of aromatic nitrogens is 1. The molecule has 0 saturated carbocycles. The van der Waals surface area contributed by atoms with Crippen molar-refractivity contribution >= 4 is 64.4 Å². The summed E-state index contributed by atoms with van der Waals surface area (Å²) >= 11 is 13.8. The van der Waals surface area contributed by atoms with Crippen molar-refractivity contribution in [3.05, 3.63) is 39.1 Å². The number of halogens is 3. The molecule has 3 rings (SSSR count). The Bertz CT molecular complexity index is 630. The molecule has 2 aromatic rings. The van der Waals surface area contributed by atoms with Gasteiger partial charge in [-0.05, 0) is 24.6 Å². The smallest absolute Gasteiger partial charge is 0.204 e. The van der Waals surface area contributed by atoms with Gasteiger partial charge in [0.2, 0.25) is 5.96 Å². The van der Waals surface area contributed by atoms with Gasteiger partial charge in [0.25, 0.3) is 0 Å². The summed E-state index contributed by atoms with van der Waals surface area (Å²) in [6.45, 7) is 1.69. The largest absolute Gasteiger partial charge is 0.356 e. The molecule has 1 N–H and O–H groups in total. The van der Waals surface area contributed by atoms with Crippen molar-refractivity contribution in [3.8, 4) is 0 Å². The van der Waals surface area contributed by atoms with Gasteiger partial charge in [0.15, 0.2) is 5.82 Å². The van der Waals surface area contributed by atoms with Crippen LogP contribution in [0.3, 0.4) is 0 Å². The number of thiazole rings is 1. The first kappa shape index (κ1) is 16.4. The normalized spacial score (nSPS) is 13.9. The predicted molar refractivity (Wildman–Crippen MR) is 92.9 cm³/mol. The Morgan fingerprint density at radius 1 is 1.29 bits per heavy atom. The molecule has 0 radical (unpaired) electrons. The third-order valence-electron chi connectivity index (χ3n) is 2.89. The average molecular weight is 364 g/mol. The molecule has 0 unspecified atom stereocenters. The first-order valence-corrected chi connectivity index (χ1v) is 7.87. The van der Waals surface area contributed by atoms with Gasteiger partial charge in [-0.3, -0.25) is 9.89 Å². The van der Waals surface area contributed by atoms with Gasteiger partial charge in [-0.15, -0.1) is 23.7 Å². The summed E-state index contributed by atoms with van der Waals surface area (Å²) in [6, 6.07) is 5.41. The van der Waals surface area contributed by atoms with Crippen molar-refractivity contribution in [1.29, 1.82) is 0 Å². The van der Waals surface area contributed by atoms with Crippen molar-refractivity contribution in [3.63, 3.8) is 0 Å². The lowest BCUT2D eigenvalue weighted by atomic mass is 10.3. The molecule has 0 bridgehead atoms. The van der Waals surface area contributed by atoms with Crippen molar-refractivity contribution in [1.82, 2.24) is 10.3 Å². The molecule has 0 atom stereocenters. The molecular weight excluding hydrogens is 351 g/mol. The zero-order valence-corrected chi connectivity index (χ0v) is 14.1. The molecule has 2 heterocycles. The Morgan fingerprint density at radius 3 is 2.76 bits per heavy atom. The van der Waals surface area contributed by atoms with Crippen LogP contribution in [0, 0.1) is 0 Å². The summed E-state index contributed by atoms with van der Waals surface area (Å²) in [7, 11) is 0. The van der Waals surface area contributed by atoms with Crippen LogP contribution in [0.4, 0.5) is 11.5 Å². The Kier molecular flexibility index (Phi) is 5.70. The van der Waals surface area contributed by atoms with Crippen LogP contribution in [0.15, 0.2) is 34.1 Å². The van der Waals surface area contributed by atoms with Crippen LogP contribution in [0.5, 0.6) is 0 Å². The van der Waals surface area contributed by atoms with E-state index in [0.29, 0.717) is 10.0 Å². The summed E-state index contributed by atoms with van der Waals surface area (Å²) in [5, 5.41) is 6.44. The van der Waals surface area contributed by atoms with Crippen molar-refractivity contribution in [2.75, 3.05) is 18.0 Å². The van der Waals surface area contributed by atoms with Gasteiger partial charge < -0.3 is 5.32 Å². The second-order valence-corrected chi connectivity index (χ2v) is 5.83. The van der Waals surface area contributed by atoms with Gasteiger partial charge in [0.05, 0.1) is 16.2 Å². The standard InChI is InChI=1S/C13H12Cl2N4S.ClH/c14-9-2-3-11(10(15)6-9)19(12-7-20-8-18-12)13-16-4-1-5-17-13;/h2-3,6-8H,1,4-5H2,(H,16,17);1H. The van der Waals surface area contributed by atoms with Crippen LogP contribution in [-0.2, 0) is 0 Å². The minimum absolute atomic E-state index is 0. The van der Waals surface area contributed by atoms with E-state index in [4.69, 9.17) is 23.2 Å². The first-order valence-electron chi connectivity index (χ1n) is 6.17. The van der Waals surface area contributed by atoms with Crippen molar-refractivity contribution in [2.24, 2.45) is 4.99 Å². The first-order chi connectivity index (χ1) is 9.75. The number of rotatable bonds is 2. The third-order valence-corrected chi connectivity index (χ3v) is 4.00. The highest BCUT2D eigenvalue weighted by molar-refractivity contribution is 7.08. The number of nitrogens with one attached hydrogen (secondary N) is 1. The molecule has 0 saturated heterocycles. The number of benzene rings is 1. The summed E-state index contributed by atoms with van der Waals surface area (Å²) in [5.41, 5.74) is 2.60. The molecule has 0 spiro atoms. The summed E-state index contributed by atoms with van der Waals surface area (Å²) in [5.74, 6) is 1.57. The molecule has 8 heteroatoms. The maximum absolute atomic E-state index is 6.33. The van der Waals surface area contributed by atoms with E-state index < -0.39 is 0 Å². The number of guanidine groups is 1. The predicted octanol–water partition coefficient (Wildman–Crippen LogP) is 4.36. The third kappa shape index (κ3) is 3.61. The zero-order chi connectivity index (χ0) is 13.9. The van der Waals surface area contributed by atoms with Gasteiger partial charge in [0, 0.05) is 23.5 Å². The van der Waals surface area contributed by atoms with Crippen LogP contribution >= 0.6 is 46.9 Å².